The highest BCUT2D eigenvalue weighted by atomic mass is 16.2. The van der Waals surface area contributed by atoms with E-state index < -0.39 is 6.04 Å². The molecule has 24 heavy (non-hydrogen) atoms. The predicted octanol–water partition coefficient (Wildman–Crippen LogP) is 3.34. The monoisotopic (exact) mass is 322 g/mol. The van der Waals surface area contributed by atoms with Crippen LogP contribution in [0, 0.1) is 20.8 Å². The fraction of sp³-hybridized carbons (Fsp3) is 0.300. The predicted molar refractivity (Wildman–Crippen MR) is 94.8 cm³/mol. The maximum atomic E-state index is 13.0. The lowest BCUT2D eigenvalue weighted by atomic mass is 9.99. The van der Waals surface area contributed by atoms with E-state index in [1.807, 2.05) is 57.2 Å². The number of hydrogen-bond donors (Lipinski definition) is 1. The number of benzene rings is 2. The fourth-order valence-electron chi connectivity index (χ4n) is 3.30. The van der Waals surface area contributed by atoms with E-state index in [-0.39, 0.29) is 11.8 Å². The summed E-state index contributed by atoms with van der Waals surface area (Å²) in [6.45, 7) is 7.98. The number of fused-ring (bicyclic) bond motifs is 1. The summed E-state index contributed by atoms with van der Waals surface area (Å²) in [5.74, 6) is -0.268. The minimum absolute atomic E-state index is 0.0711. The molecule has 3 rings (SSSR count). The summed E-state index contributed by atoms with van der Waals surface area (Å²) in [4.78, 5) is 26.4. The fourth-order valence-corrected chi connectivity index (χ4v) is 3.30. The van der Waals surface area contributed by atoms with E-state index in [4.69, 9.17) is 0 Å². The Hall–Kier alpha value is -2.62. The molecular formula is C20H22N2O2. The first-order valence-corrected chi connectivity index (χ1v) is 8.12. The highest BCUT2D eigenvalue weighted by Crippen LogP contribution is 2.41. The largest absolute Gasteiger partial charge is 0.341 e. The molecule has 2 aromatic rings. The maximum Gasteiger partial charge on any atom is 0.254 e. The average molecular weight is 322 g/mol. The average Bonchev–Trinajstić information content (AvgIpc) is 2.79. The molecule has 4 nitrogen and oxygen atoms in total. The van der Waals surface area contributed by atoms with Crippen LogP contribution in [0.4, 0.5) is 5.69 Å². The first kappa shape index (κ1) is 16.2. The highest BCUT2D eigenvalue weighted by Gasteiger charge is 2.39. The summed E-state index contributed by atoms with van der Waals surface area (Å²) >= 11 is 0. The molecular weight excluding hydrogens is 300 g/mol. The molecule has 0 aliphatic carbocycles. The molecule has 4 heteroatoms. The third kappa shape index (κ3) is 2.80. The van der Waals surface area contributed by atoms with Gasteiger partial charge in [-0.2, -0.15) is 0 Å². The summed E-state index contributed by atoms with van der Waals surface area (Å²) in [7, 11) is 0. The van der Waals surface area contributed by atoms with Crippen LogP contribution in [0.3, 0.4) is 0 Å². The Bertz CT molecular complexity index is 809. The molecule has 0 bridgehead atoms. The van der Waals surface area contributed by atoms with Crippen molar-refractivity contribution in [2.24, 2.45) is 0 Å². The summed E-state index contributed by atoms with van der Waals surface area (Å²) in [5.41, 5.74) is 6.18. The van der Waals surface area contributed by atoms with Gasteiger partial charge in [0.25, 0.3) is 5.91 Å². The quantitative estimate of drug-likeness (QED) is 0.942. The zero-order valence-corrected chi connectivity index (χ0v) is 14.5. The number of nitrogens with one attached hydrogen (secondary N) is 1. The van der Waals surface area contributed by atoms with Crippen LogP contribution in [0.25, 0.3) is 0 Å². The van der Waals surface area contributed by atoms with Crippen LogP contribution in [0.1, 0.15) is 40.8 Å². The van der Waals surface area contributed by atoms with E-state index in [9.17, 15) is 9.59 Å². The first-order chi connectivity index (χ1) is 11.4. The Kier molecular flexibility index (Phi) is 4.14. The summed E-state index contributed by atoms with van der Waals surface area (Å²) < 4.78 is 0. The van der Waals surface area contributed by atoms with E-state index in [1.165, 1.54) is 12.5 Å². The molecule has 1 heterocycles. The van der Waals surface area contributed by atoms with E-state index in [0.717, 1.165) is 27.9 Å². The SMILES string of the molecule is CC(=O)N[C@H]1C(=O)N(Cc2ccc(C)cc2)c2c(C)ccc(C)c21. The number of nitrogens with zero attached hydrogens (tertiary/aromatic N) is 1. The van der Waals surface area contributed by atoms with Crippen molar-refractivity contribution in [3.8, 4) is 0 Å². The molecule has 0 aromatic heterocycles. The van der Waals surface area contributed by atoms with Crippen molar-refractivity contribution in [2.45, 2.75) is 40.3 Å². The van der Waals surface area contributed by atoms with E-state index in [1.54, 1.807) is 4.90 Å². The third-order valence-electron chi connectivity index (χ3n) is 4.52. The van der Waals surface area contributed by atoms with E-state index in [0.29, 0.717) is 6.54 Å². The molecule has 0 fully saturated rings. The van der Waals surface area contributed by atoms with Gasteiger partial charge in [-0.3, -0.25) is 9.59 Å². The second-order valence-electron chi connectivity index (χ2n) is 6.51. The van der Waals surface area contributed by atoms with Gasteiger partial charge in [0.05, 0.1) is 12.2 Å². The molecule has 124 valence electrons. The number of carbonyl (C=O) groups is 2. The van der Waals surface area contributed by atoms with Crippen LogP contribution in [0.2, 0.25) is 0 Å². The van der Waals surface area contributed by atoms with Crippen LogP contribution in [0.5, 0.6) is 0 Å². The van der Waals surface area contributed by atoms with Gasteiger partial charge < -0.3 is 10.2 Å². The molecule has 1 aliphatic rings. The van der Waals surface area contributed by atoms with Crippen LogP contribution in [-0.4, -0.2) is 11.8 Å². The second-order valence-corrected chi connectivity index (χ2v) is 6.51. The Balaban J connectivity index is 2.05. The normalized spacial score (nSPS) is 16.2. The summed E-state index contributed by atoms with van der Waals surface area (Å²) in [6, 6.07) is 11.6. The van der Waals surface area contributed by atoms with Crippen molar-refractivity contribution in [3.63, 3.8) is 0 Å². The van der Waals surface area contributed by atoms with Gasteiger partial charge in [-0.1, -0.05) is 42.0 Å². The molecule has 0 radical (unpaired) electrons. The molecule has 2 amide bonds. The van der Waals surface area contributed by atoms with Gasteiger partial charge in [-0.15, -0.1) is 0 Å². The Labute approximate surface area is 142 Å². The van der Waals surface area contributed by atoms with Crippen molar-refractivity contribution >= 4 is 17.5 Å². The van der Waals surface area contributed by atoms with E-state index >= 15 is 0 Å². The topological polar surface area (TPSA) is 49.4 Å². The number of amides is 2. The molecule has 1 aliphatic heterocycles. The number of hydrogen-bond acceptors (Lipinski definition) is 2. The Morgan fingerprint density at radius 3 is 2.29 bits per heavy atom. The van der Waals surface area contributed by atoms with Crippen LogP contribution in [-0.2, 0) is 16.1 Å². The lowest BCUT2D eigenvalue weighted by Crippen LogP contribution is -2.36. The van der Waals surface area contributed by atoms with Gasteiger partial charge in [0, 0.05) is 12.5 Å². The van der Waals surface area contributed by atoms with Crippen molar-refractivity contribution in [3.05, 3.63) is 64.2 Å². The van der Waals surface area contributed by atoms with Gasteiger partial charge in [-0.05, 0) is 37.5 Å². The third-order valence-corrected chi connectivity index (χ3v) is 4.52. The van der Waals surface area contributed by atoms with E-state index in [2.05, 4.69) is 5.32 Å². The van der Waals surface area contributed by atoms with Gasteiger partial charge in [-0.25, -0.2) is 0 Å². The van der Waals surface area contributed by atoms with Crippen molar-refractivity contribution < 1.29 is 9.59 Å². The molecule has 1 atom stereocenters. The zero-order chi connectivity index (χ0) is 17.4. The van der Waals surface area contributed by atoms with Gasteiger partial charge >= 0.3 is 0 Å². The number of carbonyl (C=O) groups excluding carboxylic acids is 2. The molecule has 2 aromatic carbocycles. The molecule has 0 spiro atoms. The lowest BCUT2D eigenvalue weighted by molar-refractivity contribution is -0.126. The lowest BCUT2D eigenvalue weighted by Gasteiger charge is -2.20. The minimum atomic E-state index is -0.595. The number of aryl methyl sites for hydroxylation is 3. The summed E-state index contributed by atoms with van der Waals surface area (Å²) in [6.07, 6.45) is 0. The van der Waals surface area contributed by atoms with Crippen molar-refractivity contribution in [1.29, 1.82) is 0 Å². The van der Waals surface area contributed by atoms with Crippen LogP contribution < -0.4 is 10.2 Å². The molecule has 0 unspecified atom stereocenters. The standard InChI is InChI=1S/C20H22N2O2/c1-12-5-9-16(10-6-12)11-22-19-14(3)8-7-13(2)17(19)18(20(22)24)21-15(4)23/h5-10,18H,11H2,1-4H3,(H,21,23)/t18-/m1/s1. The van der Waals surface area contributed by atoms with Crippen molar-refractivity contribution in [2.75, 3.05) is 4.90 Å². The Morgan fingerprint density at radius 2 is 1.67 bits per heavy atom. The highest BCUT2D eigenvalue weighted by molar-refractivity contribution is 6.07. The molecule has 0 saturated heterocycles. The van der Waals surface area contributed by atoms with Crippen LogP contribution >= 0.6 is 0 Å². The van der Waals surface area contributed by atoms with Gasteiger partial charge in [0.2, 0.25) is 5.91 Å². The van der Waals surface area contributed by atoms with Crippen LogP contribution in [0.15, 0.2) is 36.4 Å². The van der Waals surface area contributed by atoms with Gasteiger partial charge in [0.15, 0.2) is 0 Å². The molecule has 1 N–H and O–H groups in total. The zero-order valence-electron chi connectivity index (χ0n) is 14.5. The first-order valence-electron chi connectivity index (χ1n) is 8.12. The number of rotatable bonds is 3. The second kappa shape index (κ2) is 6.11. The number of anilines is 1. The summed E-state index contributed by atoms with van der Waals surface area (Å²) in [5, 5.41) is 2.81. The van der Waals surface area contributed by atoms with Crippen molar-refractivity contribution in [1.82, 2.24) is 5.32 Å². The smallest absolute Gasteiger partial charge is 0.254 e. The molecule has 0 saturated carbocycles. The minimum Gasteiger partial charge on any atom is -0.341 e. The maximum absolute atomic E-state index is 13.0. The Morgan fingerprint density at radius 1 is 1.04 bits per heavy atom. The van der Waals surface area contributed by atoms with Gasteiger partial charge in [0.1, 0.15) is 6.04 Å².